The first-order valence-electron chi connectivity index (χ1n) is 9.18. The molecule has 28 heavy (non-hydrogen) atoms. The van der Waals surface area contributed by atoms with Crippen LogP contribution in [-0.2, 0) is 16.1 Å². The minimum Gasteiger partial charge on any atom is -0.352 e. The molecule has 1 heterocycles. The summed E-state index contributed by atoms with van der Waals surface area (Å²) >= 11 is 6.35. The monoisotopic (exact) mass is 403 g/mol. The molecule has 2 aromatic carbocycles. The number of benzene rings is 2. The van der Waals surface area contributed by atoms with Gasteiger partial charge in [0.15, 0.2) is 6.17 Å². The van der Waals surface area contributed by atoms with Gasteiger partial charge in [-0.2, -0.15) is 0 Å². The van der Waals surface area contributed by atoms with Crippen LogP contribution in [0.15, 0.2) is 48.5 Å². The molecule has 0 aliphatic carbocycles. The van der Waals surface area contributed by atoms with E-state index in [1.807, 2.05) is 32.0 Å². The smallest absolute Gasteiger partial charge is 0.258 e. The quantitative estimate of drug-likeness (QED) is 0.716. The van der Waals surface area contributed by atoms with Crippen molar-refractivity contribution in [2.45, 2.75) is 38.8 Å². The van der Waals surface area contributed by atoms with Gasteiger partial charge in [0.1, 0.15) is 6.17 Å². The number of hydrogen-bond donors (Lipinski definition) is 3. The molecule has 1 fully saturated rings. The van der Waals surface area contributed by atoms with Crippen LogP contribution in [0, 0.1) is 5.92 Å². The van der Waals surface area contributed by atoms with E-state index in [1.54, 1.807) is 30.3 Å². The first-order chi connectivity index (χ1) is 13.4. The number of nitrogens with one attached hydrogen (secondary N) is 3. The fourth-order valence-corrected chi connectivity index (χ4v) is 3.32. The van der Waals surface area contributed by atoms with Gasteiger partial charge in [0.2, 0.25) is 5.91 Å². The van der Waals surface area contributed by atoms with Crippen LogP contribution in [-0.4, -0.2) is 18.0 Å². The molecule has 0 bridgehead atoms. The van der Waals surface area contributed by atoms with Crippen molar-refractivity contribution >= 4 is 23.4 Å². The van der Waals surface area contributed by atoms with E-state index in [2.05, 4.69) is 16.0 Å². The van der Waals surface area contributed by atoms with Gasteiger partial charge < -0.3 is 10.6 Å². The second-order valence-electron chi connectivity index (χ2n) is 7.13. The SMILES string of the molecule is CC(C)C(=O)NCc1ccc(Cl)c(C2NC(=O)C(F)C(c3ccccc3)N2)c1. The maximum absolute atomic E-state index is 14.5. The Morgan fingerprint density at radius 1 is 1.21 bits per heavy atom. The number of alkyl halides is 1. The van der Waals surface area contributed by atoms with Gasteiger partial charge in [0.25, 0.3) is 5.91 Å². The summed E-state index contributed by atoms with van der Waals surface area (Å²) in [6, 6.07) is 13.5. The Hall–Kier alpha value is -2.44. The average Bonchev–Trinajstić information content (AvgIpc) is 2.69. The van der Waals surface area contributed by atoms with Gasteiger partial charge in [-0.25, -0.2) is 4.39 Å². The van der Waals surface area contributed by atoms with E-state index < -0.39 is 24.3 Å². The van der Waals surface area contributed by atoms with E-state index in [9.17, 15) is 14.0 Å². The molecule has 3 unspecified atom stereocenters. The predicted molar refractivity (Wildman–Crippen MR) is 106 cm³/mol. The zero-order valence-electron chi connectivity index (χ0n) is 15.7. The lowest BCUT2D eigenvalue weighted by Gasteiger charge is -2.35. The van der Waals surface area contributed by atoms with Crippen LogP contribution in [0.1, 0.15) is 42.7 Å². The number of rotatable bonds is 5. The van der Waals surface area contributed by atoms with Crippen LogP contribution >= 0.6 is 11.6 Å². The summed E-state index contributed by atoms with van der Waals surface area (Å²) in [5, 5.41) is 9.07. The molecule has 148 valence electrons. The Morgan fingerprint density at radius 3 is 2.61 bits per heavy atom. The normalized spacial score (nSPS) is 22.0. The number of amides is 2. The van der Waals surface area contributed by atoms with Crippen LogP contribution < -0.4 is 16.0 Å². The van der Waals surface area contributed by atoms with Gasteiger partial charge in [0.05, 0.1) is 6.04 Å². The Kier molecular flexibility index (Phi) is 6.31. The summed E-state index contributed by atoms with van der Waals surface area (Å²) in [4.78, 5) is 24.0. The Labute approximate surface area is 168 Å². The first kappa shape index (κ1) is 20.3. The lowest BCUT2D eigenvalue weighted by atomic mass is 9.97. The van der Waals surface area contributed by atoms with Gasteiger partial charge in [0, 0.05) is 23.0 Å². The largest absolute Gasteiger partial charge is 0.352 e. The van der Waals surface area contributed by atoms with Crippen LogP contribution in [0.5, 0.6) is 0 Å². The lowest BCUT2D eigenvalue weighted by Crippen LogP contribution is -2.53. The van der Waals surface area contributed by atoms with Crippen molar-refractivity contribution in [3.05, 3.63) is 70.2 Å². The summed E-state index contributed by atoms with van der Waals surface area (Å²) in [5.74, 6) is -0.851. The highest BCUT2D eigenvalue weighted by Crippen LogP contribution is 2.31. The van der Waals surface area contributed by atoms with Gasteiger partial charge in [-0.05, 0) is 23.3 Å². The molecule has 0 radical (unpaired) electrons. The zero-order chi connectivity index (χ0) is 20.3. The molecular weight excluding hydrogens is 381 g/mol. The topological polar surface area (TPSA) is 70.2 Å². The molecule has 1 aliphatic heterocycles. The zero-order valence-corrected chi connectivity index (χ0v) is 16.5. The Bertz CT molecular complexity index is 860. The fourth-order valence-electron chi connectivity index (χ4n) is 3.09. The molecule has 7 heteroatoms. The van der Waals surface area contributed by atoms with Crippen LogP contribution in [0.2, 0.25) is 5.02 Å². The summed E-state index contributed by atoms with van der Waals surface area (Å²) in [6.45, 7) is 3.98. The standard InChI is InChI=1S/C21H23ClFN3O2/c1-12(2)20(27)24-11-13-8-9-16(22)15(10-13)19-25-18(17(23)21(28)26-19)14-6-4-3-5-7-14/h3-10,12,17-19,25H,11H2,1-2H3,(H,24,27)(H,26,28). The average molecular weight is 404 g/mol. The molecule has 1 saturated heterocycles. The van der Waals surface area contributed by atoms with E-state index >= 15 is 0 Å². The van der Waals surface area contributed by atoms with Crippen LogP contribution in [0.25, 0.3) is 0 Å². The maximum atomic E-state index is 14.5. The molecular formula is C21H23ClFN3O2. The van der Waals surface area contributed by atoms with Crippen molar-refractivity contribution in [3.8, 4) is 0 Å². The van der Waals surface area contributed by atoms with Gasteiger partial charge in [-0.15, -0.1) is 0 Å². The van der Waals surface area contributed by atoms with Gasteiger partial charge >= 0.3 is 0 Å². The fraction of sp³-hybridized carbons (Fsp3) is 0.333. The Balaban J connectivity index is 1.82. The third-order valence-electron chi connectivity index (χ3n) is 4.70. The molecule has 2 amide bonds. The second kappa shape index (κ2) is 8.71. The molecule has 0 saturated carbocycles. The molecule has 3 rings (SSSR count). The minimum absolute atomic E-state index is 0.0509. The molecule has 0 aromatic heterocycles. The third-order valence-corrected chi connectivity index (χ3v) is 5.04. The van der Waals surface area contributed by atoms with E-state index in [4.69, 9.17) is 11.6 Å². The lowest BCUT2D eigenvalue weighted by molar-refractivity contribution is -0.131. The molecule has 2 aromatic rings. The van der Waals surface area contributed by atoms with Crippen molar-refractivity contribution < 1.29 is 14.0 Å². The molecule has 3 atom stereocenters. The number of hydrogen-bond acceptors (Lipinski definition) is 3. The molecule has 1 aliphatic rings. The molecule has 0 spiro atoms. The summed E-state index contributed by atoms with van der Waals surface area (Å²) in [5.41, 5.74) is 2.15. The number of halogens is 2. The minimum atomic E-state index is -1.70. The van der Waals surface area contributed by atoms with E-state index in [0.717, 1.165) is 5.56 Å². The molecule has 5 nitrogen and oxygen atoms in total. The second-order valence-corrected chi connectivity index (χ2v) is 7.53. The molecule has 3 N–H and O–H groups in total. The van der Waals surface area contributed by atoms with E-state index in [1.165, 1.54) is 0 Å². The van der Waals surface area contributed by atoms with Crippen molar-refractivity contribution in [1.29, 1.82) is 0 Å². The number of carbonyl (C=O) groups excluding carboxylic acids is 2. The van der Waals surface area contributed by atoms with Crippen molar-refractivity contribution in [2.75, 3.05) is 0 Å². The van der Waals surface area contributed by atoms with Crippen molar-refractivity contribution in [1.82, 2.24) is 16.0 Å². The highest BCUT2D eigenvalue weighted by Gasteiger charge is 2.38. The predicted octanol–water partition coefficient (Wildman–Crippen LogP) is 3.41. The highest BCUT2D eigenvalue weighted by atomic mass is 35.5. The summed E-state index contributed by atoms with van der Waals surface area (Å²) in [6.07, 6.45) is -2.34. The third kappa shape index (κ3) is 4.51. The maximum Gasteiger partial charge on any atom is 0.258 e. The Morgan fingerprint density at radius 2 is 1.93 bits per heavy atom. The summed E-state index contributed by atoms with van der Waals surface area (Å²) in [7, 11) is 0. The van der Waals surface area contributed by atoms with Crippen molar-refractivity contribution in [2.24, 2.45) is 5.92 Å². The number of carbonyl (C=O) groups is 2. The van der Waals surface area contributed by atoms with Crippen molar-refractivity contribution in [3.63, 3.8) is 0 Å². The van der Waals surface area contributed by atoms with E-state index in [-0.39, 0.29) is 11.8 Å². The van der Waals surface area contributed by atoms with E-state index in [0.29, 0.717) is 22.7 Å². The van der Waals surface area contributed by atoms with Gasteiger partial charge in [-0.3, -0.25) is 14.9 Å². The van der Waals surface area contributed by atoms with Crippen LogP contribution in [0.4, 0.5) is 4.39 Å². The van der Waals surface area contributed by atoms with Gasteiger partial charge in [-0.1, -0.05) is 61.8 Å². The highest BCUT2D eigenvalue weighted by molar-refractivity contribution is 6.31. The first-order valence-corrected chi connectivity index (χ1v) is 9.56. The summed E-state index contributed by atoms with van der Waals surface area (Å²) < 4.78 is 14.5. The van der Waals surface area contributed by atoms with Crippen LogP contribution in [0.3, 0.4) is 0 Å².